The van der Waals surface area contributed by atoms with Crippen molar-refractivity contribution in [1.29, 1.82) is 0 Å². The van der Waals surface area contributed by atoms with Crippen molar-refractivity contribution in [3.63, 3.8) is 0 Å². The molecule has 2 saturated heterocycles. The Morgan fingerprint density at radius 1 is 1.00 bits per heavy atom. The molecule has 3 aromatic heterocycles. The van der Waals surface area contributed by atoms with Gasteiger partial charge < -0.3 is 56.4 Å². The van der Waals surface area contributed by atoms with Crippen LogP contribution in [-0.2, 0) is 42.1 Å². The third-order valence-corrected chi connectivity index (χ3v) is 10.2. The van der Waals surface area contributed by atoms with Crippen molar-refractivity contribution >= 4 is 42.5 Å². The number of carbonyl (C=O) groups is 1. The quantitative estimate of drug-likeness (QED) is 0.113. The number of guanidine groups is 1. The summed E-state index contributed by atoms with van der Waals surface area (Å²) in [5.41, 5.74) is 19.2. The van der Waals surface area contributed by atoms with Crippen LogP contribution in [0.4, 0.5) is 11.6 Å². The van der Waals surface area contributed by atoms with Gasteiger partial charge in [0.25, 0.3) is 0 Å². The lowest BCUT2D eigenvalue weighted by molar-refractivity contribution is -0.124. The predicted octanol–water partition coefficient (Wildman–Crippen LogP) is 0.286. The van der Waals surface area contributed by atoms with Gasteiger partial charge in [-0.3, -0.25) is 23.0 Å². The molecule has 2 fully saturated rings. The molecule has 9 N–H and O–H groups in total. The number of phosphoric acid groups is 1. The van der Waals surface area contributed by atoms with E-state index in [0.717, 1.165) is 0 Å². The van der Waals surface area contributed by atoms with Crippen LogP contribution < -0.4 is 27.8 Å². The largest absolute Gasteiger partial charge is 0.472 e. The fourth-order valence-electron chi connectivity index (χ4n) is 6.75. The molecule has 10 atom stereocenters. The van der Waals surface area contributed by atoms with Gasteiger partial charge in [-0.05, 0) is 27.7 Å². The Kier molecular flexibility index (Phi) is 11.6. The van der Waals surface area contributed by atoms with Crippen molar-refractivity contribution in [2.24, 2.45) is 22.4 Å². The van der Waals surface area contributed by atoms with E-state index in [0.29, 0.717) is 22.7 Å². The van der Waals surface area contributed by atoms with Crippen molar-refractivity contribution in [1.82, 2.24) is 34.4 Å². The highest BCUT2D eigenvalue weighted by atomic mass is 31.2. The molecule has 0 radical (unpaired) electrons. The number of nitrogens with zero attached hydrogens (tertiary/aromatic N) is 7. The summed E-state index contributed by atoms with van der Waals surface area (Å²) in [4.78, 5) is 45.5. The maximum atomic E-state index is 13.8. The molecule has 0 spiro atoms. The molecular formula is C30H47N12O10P. The molecule has 22 nitrogen and oxygen atoms in total. The lowest BCUT2D eigenvalue weighted by Crippen LogP contribution is -2.43. The standard InChI is InChI=1S/C30H47N12O10P/c1-13(2)48-9-17-15(21(46-5)28(50-17)42-12-38-20-25(32)39-30(33)40-27(20)42)7-18(43)34-8-16-22(52-53(44,45)51-14(3)4)23(47-6)29(49-16)41-11-37-19-24(31)35-10-36-26(19)41/h10-17,21-23,25,28-29H,7-9,32H2,1-6H3,(H,34,43)(H,44,45)(H2,31,35,36)(H3,33,39,40)/t15-,16-,17-,21-,22-,23-,25?,28-,29-/m1/s1. The zero-order valence-electron chi connectivity index (χ0n) is 30.1. The smallest absolute Gasteiger partial charge is 0.382 e. The number of hydrogen-bond acceptors (Lipinski definition) is 18. The number of hydrogen-bond donors (Lipinski definition) is 6. The first-order valence-electron chi connectivity index (χ1n) is 17.0. The number of aliphatic imine (C=N–C) groups is 1. The minimum atomic E-state index is -4.63. The van der Waals surface area contributed by atoms with Gasteiger partial charge in [0.2, 0.25) is 5.91 Å². The van der Waals surface area contributed by atoms with Crippen molar-refractivity contribution in [2.45, 2.75) is 95.5 Å². The highest BCUT2D eigenvalue weighted by molar-refractivity contribution is 7.47. The van der Waals surface area contributed by atoms with E-state index in [1.807, 2.05) is 13.8 Å². The summed E-state index contributed by atoms with van der Waals surface area (Å²) in [5, 5.41) is 5.89. The number of fused-ring (bicyclic) bond motifs is 2. The number of aromatic nitrogens is 6. The summed E-state index contributed by atoms with van der Waals surface area (Å²) in [6.45, 7) is 7.00. The molecule has 2 unspecified atom stereocenters. The molecule has 3 aliphatic rings. The number of rotatable bonds is 15. The Morgan fingerprint density at radius 2 is 1.70 bits per heavy atom. The third kappa shape index (κ3) is 8.16. The number of carbonyl (C=O) groups excluding carboxylic acids is 1. The van der Waals surface area contributed by atoms with Gasteiger partial charge in [0.1, 0.15) is 53.9 Å². The van der Waals surface area contributed by atoms with Crippen LogP contribution in [0.3, 0.4) is 0 Å². The molecule has 23 heteroatoms. The zero-order chi connectivity index (χ0) is 38.2. The van der Waals surface area contributed by atoms with Gasteiger partial charge in [-0.15, -0.1) is 0 Å². The topological polar surface area (TPSA) is 295 Å². The third-order valence-electron chi connectivity index (χ3n) is 9.00. The fraction of sp³-hybridized carbons (Fsp3) is 0.667. The molecule has 0 aromatic carbocycles. The van der Waals surface area contributed by atoms with Crippen molar-refractivity contribution in [2.75, 3.05) is 38.4 Å². The van der Waals surface area contributed by atoms with Gasteiger partial charge in [0.15, 0.2) is 29.9 Å². The summed E-state index contributed by atoms with van der Waals surface area (Å²) in [7, 11) is -1.70. The minimum absolute atomic E-state index is 0.0543. The van der Waals surface area contributed by atoms with E-state index in [2.05, 4.69) is 35.6 Å². The monoisotopic (exact) mass is 766 g/mol. The van der Waals surface area contributed by atoms with Crippen LogP contribution in [0.5, 0.6) is 0 Å². The van der Waals surface area contributed by atoms with Crippen LogP contribution in [0.25, 0.3) is 11.2 Å². The summed E-state index contributed by atoms with van der Waals surface area (Å²) in [6, 6.07) is 0. The summed E-state index contributed by atoms with van der Waals surface area (Å²) >= 11 is 0. The van der Waals surface area contributed by atoms with Crippen LogP contribution in [0.2, 0.25) is 0 Å². The molecule has 0 aliphatic carbocycles. The van der Waals surface area contributed by atoms with E-state index < -0.39 is 69.0 Å². The average Bonchev–Trinajstić information content (AvgIpc) is 3.85. The van der Waals surface area contributed by atoms with Crippen LogP contribution in [0, 0.1) is 5.92 Å². The Morgan fingerprint density at radius 3 is 2.40 bits per heavy atom. The van der Waals surface area contributed by atoms with Crippen LogP contribution in [-0.4, -0.2) is 116 Å². The second-order valence-electron chi connectivity index (χ2n) is 13.3. The zero-order valence-corrected chi connectivity index (χ0v) is 31.0. The molecule has 0 bridgehead atoms. The van der Waals surface area contributed by atoms with Crippen molar-refractivity contribution in [3.8, 4) is 0 Å². The first-order valence-corrected chi connectivity index (χ1v) is 18.5. The van der Waals surface area contributed by atoms with E-state index in [-0.39, 0.29) is 43.4 Å². The maximum Gasteiger partial charge on any atom is 0.472 e. The number of imidazole rings is 2. The lowest BCUT2D eigenvalue weighted by Gasteiger charge is -2.26. The molecule has 6 heterocycles. The van der Waals surface area contributed by atoms with E-state index in [9.17, 15) is 14.3 Å². The highest BCUT2D eigenvalue weighted by Gasteiger charge is 2.51. The average molecular weight is 767 g/mol. The summed E-state index contributed by atoms with van der Waals surface area (Å²) in [6.07, 6.45) is -3.40. The Labute approximate surface area is 304 Å². The number of phosphoric ester groups is 1. The number of methoxy groups -OCH3 is 2. The van der Waals surface area contributed by atoms with Crippen molar-refractivity contribution in [3.05, 3.63) is 24.7 Å². The second-order valence-corrected chi connectivity index (χ2v) is 14.7. The van der Waals surface area contributed by atoms with Gasteiger partial charge in [-0.25, -0.2) is 29.5 Å². The van der Waals surface area contributed by atoms with E-state index in [4.69, 9.17) is 49.9 Å². The van der Waals surface area contributed by atoms with E-state index in [1.165, 1.54) is 26.9 Å². The number of amides is 1. The second kappa shape index (κ2) is 15.9. The van der Waals surface area contributed by atoms with Crippen molar-refractivity contribution < 1.29 is 47.0 Å². The Hall–Kier alpha value is -3.83. The van der Waals surface area contributed by atoms with Crippen LogP contribution >= 0.6 is 7.82 Å². The van der Waals surface area contributed by atoms with Gasteiger partial charge in [0, 0.05) is 33.1 Å². The molecule has 0 saturated carbocycles. The Balaban J connectivity index is 1.22. The number of anilines is 2. The molecule has 1 amide bonds. The molecular weight excluding hydrogens is 719 g/mol. The van der Waals surface area contributed by atoms with Gasteiger partial charge >= 0.3 is 7.82 Å². The maximum absolute atomic E-state index is 13.8. The lowest BCUT2D eigenvalue weighted by atomic mass is 9.93. The Bertz CT molecular complexity index is 1840. The van der Waals surface area contributed by atoms with Gasteiger partial charge in [-0.2, -0.15) is 0 Å². The molecule has 53 heavy (non-hydrogen) atoms. The SMILES string of the molecule is CO[C@@H]1[C@H](CC(=O)NC[C@H]2O[C@@H](n3cnc4c(N)ncnc43)[C@H](OC)[C@@H]2OP(=O)(O)OC(C)C)[C@@H](COC(C)C)O[C@H]1n1cnc2c1NC(N)=NC2N. The predicted molar refractivity (Wildman–Crippen MR) is 187 cm³/mol. The van der Waals surface area contributed by atoms with Gasteiger partial charge in [0.05, 0.1) is 37.6 Å². The summed E-state index contributed by atoms with van der Waals surface area (Å²) in [5.74, 6) is -0.118. The van der Waals surface area contributed by atoms with Crippen LogP contribution in [0.15, 0.2) is 24.0 Å². The van der Waals surface area contributed by atoms with Crippen LogP contribution in [0.1, 0.15) is 58.4 Å². The first-order chi connectivity index (χ1) is 25.2. The molecule has 6 rings (SSSR count). The number of nitrogens with two attached hydrogens (primary N) is 3. The number of nitrogen functional groups attached to an aromatic ring is 1. The summed E-state index contributed by atoms with van der Waals surface area (Å²) < 4.78 is 57.7. The van der Waals surface area contributed by atoms with Gasteiger partial charge in [-0.1, -0.05) is 0 Å². The molecule has 3 aliphatic heterocycles. The number of ether oxygens (including phenoxy) is 5. The van der Waals surface area contributed by atoms with E-state index >= 15 is 0 Å². The molecule has 3 aromatic rings. The normalized spacial score (nSPS) is 29.7. The first kappa shape index (κ1) is 38.9. The molecule has 292 valence electrons. The minimum Gasteiger partial charge on any atom is -0.382 e. The highest BCUT2D eigenvalue weighted by Crippen LogP contribution is 2.50. The number of nitrogens with one attached hydrogen (secondary N) is 2. The van der Waals surface area contributed by atoms with E-state index in [1.54, 1.807) is 29.3 Å². The fourth-order valence-corrected chi connectivity index (χ4v) is 7.89.